The lowest BCUT2D eigenvalue weighted by molar-refractivity contribution is 1.06. The van der Waals surface area contributed by atoms with Crippen molar-refractivity contribution in [2.75, 3.05) is 10.5 Å². The van der Waals surface area contributed by atoms with Gasteiger partial charge in [-0.2, -0.15) is 0 Å². The van der Waals surface area contributed by atoms with Crippen LogP contribution in [0.3, 0.4) is 0 Å². The summed E-state index contributed by atoms with van der Waals surface area (Å²) in [5.74, 6) is 0.862. The van der Waals surface area contributed by atoms with Crippen molar-refractivity contribution in [1.82, 2.24) is 9.97 Å². The number of rotatable bonds is 0. The average molecular weight is 291 g/mol. The van der Waals surface area contributed by atoms with Crippen molar-refractivity contribution in [3.8, 4) is 0 Å². The van der Waals surface area contributed by atoms with Crippen molar-refractivity contribution in [3.63, 3.8) is 0 Å². The van der Waals surface area contributed by atoms with Crippen LogP contribution in [-0.2, 0) is 0 Å². The molecule has 1 aliphatic rings. The number of nitrogens with zero attached hydrogens (tertiary/aromatic N) is 3. The first kappa shape index (κ1) is 8.19. The predicted molar refractivity (Wildman–Crippen MR) is 55.0 cm³/mol. The van der Waals surface area contributed by atoms with Crippen LogP contribution in [0.2, 0.25) is 0 Å². The fourth-order valence-electron chi connectivity index (χ4n) is 1.02. The van der Waals surface area contributed by atoms with Gasteiger partial charge in [-0.15, -0.1) is 0 Å². The van der Waals surface area contributed by atoms with Crippen molar-refractivity contribution in [2.45, 2.75) is 0 Å². The molecule has 0 fully saturated rings. The highest BCUT2D eigenvalue weighted by Crippen LogP contribution is 2.25. The predicted octanol–water partition coefficient (Wildman–Crippen LogP) is 2.38. The zero-order valence-corrected chi connectivity index (χ0v) is 9.21. The van der Waals surface area contributed by atoms with Gasteiger partial charge >= 0.3 is 0 Å². The highest BCUT2D eigenvalue weighted by Gasteiger charge is 2.12. The lowest BCUT2D eigenvalue weighted by Gasteiger charge is -2.18. The Hall–Kier alpha value is -0.420. The SMILES string of the molecule is Brc1cnc2c(n1)C=CCN2Br. The summed E-state index contributed by atoms with van der Waals surface area (Å²) >= 11 is 6.64. The van der Waals surface area contributed by atoms with Gasteiger partial charge in [0.2, 0.25) is 0 Å². The lowest BCUT2D eigenvalue weighted by atomic mass is 10.3. The number of hydrogen-bond donors (Lipinski definition) is 0. The normalized spacial score (nSPS) is 14.7. The zero-order chi connectivity index (χ0) is 8.55. The molecule has 1 aromatic rings. The van der Waals surface area contributed by atoms with Crippen LogP contribution >= 0.6 is 32.1 Å². The molecule has 0 amide bonds. The van der Waals surface area contributed by atoms with E-state index in [1.807, 2.05) is 16.1 Å². The lowest BCUT2D eigenvalue weighted by Crippen LogP contribution is -2.15. The van der Waals surface area contributed by atoms with Crippen LogP contribution in [0.5, 0.6) is 0 Å². The minimum atomic E-state index is 0.758. The van der Waals surface area contributed by atoms with E-state index < -0.39 is 0 Å². The molecule has 3 nitrogen and oxygen atoms in total. The third-order valence-corrected chi connectivity index (χ3v) is 2.53. The summed E-state index contributed by atoms with van der Waals surface area (Å²) in [5.41, 5.74) is 0.882. The van der Waals surface area contributed by atoms with Gasteiger partial charge in [-0.1, -0.05) is 6.08 Å². The number of anilines is 1. The van der Waals surface area contributed by atoms with E-state index in [4.69, 9.17) is 0 Å². The maximum atomic E-state index is 4.26. The number of hydrogen-bond acceptors (Lipinski definition) is 3. The van der Waals surface area contributed by atoms with Crippen molar-refractivity contribution >= 4 is 44.0 Å². The molecule has 0 N–H and O–H groups in total. The number of aromatic nitrogens is 2. The molecule has 0 unspecified atom stereocenters. The van der Waals surface area contributed by atoms with Crippen LogP contribution < -0.4 is 3.93 Å². The summed E-state index contributed by atoms with van der Waals surface area (Å²) < 4.78 is 2.63. The van der Waals surface area contributed by atoms with E-state index >= 15 is 0 Å². The van der Waals surface area contributed by atoms with Crippen LogP contribution in [0.4, 0.5) is 5.82 Å². The van der Waals surface area contributed by atoms with E-state index in [1.165, 1.54) is 0 Å². The summed E-state index contributed by atoms with van der Waals surface area (Å²) in [7, 11) is 0. The Labute approximate surface area is 87.0 Å². The molecule has 0 aromatic carbocycles. The first-order valence-electron chi connectivity index (χ1n) is 3.40. The van der Waals surface area contributed by atoms with E-state index in [-0.39, 0.29) is 0 Å². The van der Waals surface area contributed by atoms with E-state index in [9.17, 15) is 0 Å². The first-order chi connectivity index (χ1) is 5.77. The molecule has 62 valence electrons. The van der Waals surface area contributed by atoms with Crippen LogP contribution in [0.25, 0.3) is 6.08 Å². The van der Waals surface area contributed by atoms with Gasteiger partial charge in [0.05, 0.1) is 22.3 Å². The van der Waals surface area contributed by atoms with Gasteiger partial charge in [0.25, 0.3) is 0 Å². The smallest absolute Gasteiger partial charge is 0.164 e. The fraction of sp³-hybridized carbons (Fsp3) is 0.143. The van der Waals surface area contributed by atoms with Crippen molar-refractivity contribution in [1.29, 1.82) is 0 Å². The maximum absolute atomic E-state index is 4.26. The molecule has 0 atom stereocenters. The molecule has 5 heteroatoms. The Bertz CT molecular complexity index is 337. The topological polar surface area (TPSA) is 29.0 Å². The Kier molecular flexibility index (Phi) is 2.14. The second-order valence-electron chi connectivity index (χ2n) is 2.35. The second kappa shape index (κ2) is 3.14. The maximum Gasteiger partial charge on any atom is 0.164 e. The Balaban J connectivity index is 2.55. The van der Waals surface area contributed by atoms with Crippen LogP contribution in [0.15, 0.2) is 16.9 Å². The molecule has 0 spiro atoms. The third kappa shape index (κ3) is 1.38. The molecule has 0 bridgehead atoms. The Morgan fingerprint density at radius 1 is 1.50 bits per heavy atom. The zero-order valence-electron chi connectivity index (χ0n) is 6.04. The number of halogens is 2. The van der Waals surface area contributed by atoms with Crippen LogP contribution in [0.1, 0.15) is 5.69 Å². The van der Waals surface area contributed by atoms with Gasteiger partial charge in [0.15, 0.2) is 5.82 Å². The third-order valence-electron chi connectivity index (χ3n) is 1.52. The van der Waals surface area contributed by atoms with E-state index in [2.05, 4.69) is 42.0 Å². The van der Waals surface area contributed by atoms with E-state index in [0.29, 0.717) is 0 Å². The summed E-state index contributed by atoms with van der Waals surface area (Å²) in [6, 6.07) is 0. The van der Waals surface area contributed by atoms with Crippen LogP contribution in [-0.4, -0.2) is 16.5 Å². The summed E-state index contributed by atoms with van der Waals surface area (Å²) in [6.45, 7) is 0.823. The Morgan fingerprint density at radius 2 is 2.33 bits per heavy atom. The molecular formula is C7H5Br2N3. The standard InChI is InChI=1S/C7H5Br2N3/c8-6-4-10-7-5(11-6)2-1-3-12(7)9/h1-2,4H,3H2. The minimum Gasteiger partial charge on any atom is -0.287 e. The van der Waals surface area contributed by atoms with Crippen molar-refractivity contribution < 1.29 is 0 Å². The largest absolute Gasteiger partial charge is 0.287 e. The van der Waals surface area contributed by atoms with Crippen molar-refractivity contribution in [2.24, 2.45) is 0 Å². The number of fused-ring (bicyclic) bond motifs is 1. The molecule has 0 aliphatic carbocycles. The molecule has 0 saturated heterocycles. The van der Waals surface area contributed by atoms with Gasteiger partial charge < -0.3 is 0 Å². The van der Waals surface area contributed by atoms with Crippen molar-refractivity contribution in [3.05, 3.63) is 22.6 Å². The highest BCUT2D eigenvalue weighted by atomic mass is 79.9. The van der Waals surface area contributed by atoms with Gasteiger partial charge in [-0.3, -0.25) is 3.93 Å². The molecule has 1 aromatic heterocycles. The first-order valence-corrected chi connectivity index (χ1v) is 4.90. The monoisotopic (exact) mass is 289 g/mol. The summed E-state index contributed by atoms with van der Waals surface area (Å²) in [5, 5.41) is 0. The van der Waals surface area contributed by atoms with Gasteiger partial charge in [-0.05, 0) is 22.0 Å². The van der Waals surface area contributed by atoms with Gasteiger partial charge in [-0.25, -0.2) is 9.97 Å². The van der Waals surface area contributed by atoms with E-state index in [0.717, 1.165) is 22.7 Å². The minimum absolute atomic E-state index is 0.758. The average Bonchev–Trinajstić information content (AvgIpc) is 2.04. The van der Waals surface area contributed by atoms with E-state index in [1.54, 1.807) is 6.20 Å². The second-order valence-corrected chi connectivity index (χ2v) is 4.02. The molecule has 0 saturated carbocycles. The molecular weight excluding hydrogens is 286 g/mol. The Morgan fingerprint density at radius 3 is 3.17 bits per heavy atom. The quantitative estimate of drug-likeness (QED) is 0.687. The molecule has 2 rings (SSSR count). The molecule has 0 radical (unpaired) electrons. The van der Waals surface area contributed by atoms with Gasteiger partial charge in [0, 0.05) is 6.54 Å². The molecule has 12 heavy (non-hydrogen) atoms. The molecule has 2 heterocycles. The fourth-order valence-corrected chi connectivity index (χ4v) is 1.75. The van der Waals surface area contributed by atoms with Gasteiger partial charge in [0.1, 0.15) is 10.3 Å². The highest BCUT2D eigenvalue weighted by molar-refractivity contribution is 9.10. The summed E-state index contributed by atoms with van der Waals surface area (Å²) in [6.07, 6.45) is 5.68. The molecule has 1 aliphatic heterocycles. The summed E-state index contributed by atoms with van der Waals surface area (Å²) in [4.78, 5) is 8.48. The van der Waals surface area contributed by atoms with Crippen LogP contribution in [0, 0.1) is 0 Å².